The van der Waals surface area contributed by atoms with Crippen molar-refractivity contribution >= 4 is 5.69 Å². The normalized spacial score (nSPS) is 12.1. The quantitative estimate of drug-likeness (QED) is 0.307. The van der Waals surface area contributed by atoms with Crippen LogP contribution in [0.3, 0.4) is 0 Å². The van der Waals surface area contributed by atoms with Gasteiger partial charge in [0.2, 0.25) is 0 Å². The fraction of sp³-hybridized carbons (Fsp3) is 0.241. The van der Waals surface area contributed by atoms with Crippen molar-refractivity contribution in [3.63, 3.8) is 0 Å². The van der Waals surface area contributed by atoms with E-state index in [1.807, 2.05) is 73.6 Å². The fourth-order valence-electron chi connectivity index (χ4n) is 3.95. The van der Waals surface area contributed by atoms with Crippen LogP contribution in [0, 0.1) is 0 Å². The maximum absolute atomic E-state index is 13.0. The number of halogens is 3. The van der Waals surface area contributed by atoms with Crippen LogP contribution in [-0.4, -0.2) is 32.6 Å². The lowest BCUT2D eigenvalue weighted by molar-refractivity contribution is -0.137. The monoisotopic (exact) mass is 480 g/mol. The zero-order valence-electron chi connectivity index (χ0n) is 20.3. The van der Waals surface area contributed by atoms with Crippen LogP contribution in [0.4, 0.5) is 18.9 Å². The Morgan fingerprint density at radius 3 is 2.11 bits per heavy atom. The minimum absolute atomic E-state index is 0.190. The topological polar surface area (TPSA) is 15.7 Å². The summed E-state index contributed by atoms with van der Waals surface area (Å²) >= 11 is 0. The van der Waals surface area contributed by atoms with Crippen molar-refractivity contribution in [1.29, 1.82) is 0 Å². The molecule has 0 aromatic heterocycles. The standard InChI is InChI=1S/C29H31F3N2O/c1-21(33(3)4)28(24-10-7-6-8-11-24)22(2)34(26-12-9-13-27(20-26)35-5)19-18-23-14-16-25(17-15-23)29(30,31)32/h6-17,20,28H,1-2,18-19H2,3-5H3. The number of ether oxygens (including phenoxy) is 1. The van der Waals surface area contributed by atoms with E-state index in [0.717, 1.165) is 40.3 Å². The summed E-state index contributed by atoms with van der Waals surface area (Å²) in [5.74, 6) is 0.516. The number of methoxy groups -OCH3 is 1. The largest absolute Gasteiger partial charge is 0.497 e. The third kappa shape index (κ3) is 6.47. The molecule has 0 fully saturated rings. The molecule has 0 heterocycles. The number of hydrogen-bond acceptors (Lipinski definition) is 3. The van der Waals surface area contributed by atoms with Gasteiger partial charge in [0.25, 0.3) is 0 Å². The molecular formula is C29H31F3N2O. The van der Waals surface area contributed by atoms with Crippen LogP contribution in [0.5, 0.6) is 5.75 Å². The smallest absolute Gasteiger partial charge is 0.416 e. The summed E-state index contributed by atoms with van der Waals surface area (Å²) in [7, 11) is 5.51. The molecule has 0 aliphatic heterocycles. The lowest BCUT2D eigenvalue weighted by Crippen LogP contribution is -2.31. The summed E-state index contributed by atoms with van der Waals surface area (Å²) in [5.41, 5.74) is 3.79. The molecule has 3 rings (SSSR count). The van der Waals surface area contributed by atoms with Crippen molar-refractivity contribution in [1.82, 2.24) is 4.90 Å². The van der Waals surface area contributed by atoms with Crippen LogP contribution < -0.4 is 9.64 Å². The molecule has 3 nitrogen and oxygen atoms in total. The lowest BCUT2D eigenvalue weighted by atomic mass is 9.91. The molecule has 35 heavy (non-hydrogen) atoms. The zero-order chi connectivity index (χ0) is 25.6. The van der Waals surface area contributed by atoms with Crippen LogP contribution in [0.15, 0.2) is 103 Å². The van der Waals surface area contributed by atoms with E-state index in [1.54, 1.807) is 7.11 Å². The van der Waals surface area contributed by atoms with Gasteiger partial charge in [-0.2, -0.15) is 13.2 Å². The maximum atomic E-state index is 13.0. The summed E-state index contributed by atoms with van der Waals surface area (Å²) in [4.78, 5) is 4.06. The number of alkyl halides is 3. The second-order valence-electron chi connectivity index (χ2n) is 8.52. The van der Waals surface area contributed by atoms with Gasteiger partial charge in [-0.15, -0.1) is 0 Å². The van der Waals surface area contributed by atoms with Crippen LogP contribution in [0.1, 0.15) is 22.6 Å². The van der Waals surface area contributed by atoms with Crippen molar-refractivity contribution in [2.75, 3.05) is 32.6 Å². The highest BCUT2D eigenvalue weighted by Crippen LogP contribution is 2.36. The minimum atomic E-state index is -4.35. The first-order valence-electron chi connectivity index (χ1n) is 11.3. The molecule has 184 valence electrons. The number of nitrogens with zero attached hydrogens (tertiary/aromatic N) is 2. The van der Waals surface area contributed by atoms with Crippen molar-refractivity contribution in [2.45, 2.75) is 18.5 Å². The van der Waals surface area contributed by atoms with Crippen molar-refractivity contribution in [2.24, 2.45) is 0 Å². The Hall–Kier alpha value is -3.67. The Balaban J connectivity index is 1.97. The second-order valence-corrected chi connectivity index (χ2v) is 8.52. The van der Waals surface area contributed by atoms with E-state index in [2.05, 4.69) is 18.1 Å². The molecule has 0 saturated heterocycles. The first-order valence-corrected chi connectivity index (χ1v) is 11.3. The summed E-state index contributed by atoms with van der Waals surface area (Å²) in [6, 6.07) is 23.0. The highest BCUT2D eigenvalue weighted by atomic mass is 19.4. The summed E-state index contributed by atoms with van der Waals surface area (Å²) in [5, 5.41) is 0. The molecule has 0 radical (unpaired) electrons. The molecular weight excluding hydrogens is 449 g/mol. The molecule has 0 aliphatic carbocycles. The Morgan fingerprint density at radius 2 is 1.54 bits per heavy atom. The SMILES string of the molecule is C=C(C(C(=C)N(CCc1ccc(C(F)(F)F)cc1)c1cccc(OC)c1)c1ccccc1)N(C)C. The lowest BCUT2D eigenvalue weighted by Gasteiger charge is -2.35. The van der Waals surface area contributed by atoms with E-state index >= 15 is 0 Å². The number of likely N-dealkylation sites (N-methyl/N-ethyl adjacent to an activating group) is 1. The van der Waals surface area contributed by atoms with Gasteiger partial charge in [-0.1, -0.05) is 61.7 Å². The van der Waals surface area contributed by atoms with Gasteiger partial charge in [-0.05, 0) is 41.8 Å². The van der Waals surface area contributed by atoms with Gasteiger partial charge in [-0.3, -0.25) is 0 Å². The molecule has 6 heteroatoms. The van der Waals surface area contributed by atoms with Gasteiger partial charge >= 0.3 is 6.18 Å². The van der Waals surface area contributed by atoms with E-state index < -0.39 is 11.7 Å². The van der Waals surface area contributed by atoms with Gasteiger partial charge in [0.05, 0.1) is 18.6 Å². The Bertz CT molecular complexity index is 1140. The molecule has 3 aromatic carbocycles. The van der Waals surface area contributed by atoms with E-state index in [1.165, 1.54) is 12.1 Å². The molecule has 0 saturated carbocycles. The van der Waals surface area contributed by atoms with Crippen LogP contribution in [0.2, 0.25) is 0 Å². The van der Waals surface area contributed by atoms with Gasteiger partial charge in [-0.25, -0.2) is 0 Å². The Labute approximate surface area is 205 Å². The van der Waals surface area contributed by atoms with E-state index in [0.29, 0.717) is 18.7 Å². The van der Waals surface area contributed by atoms with Crippen LogP contribution in [-0.2, 0) is 12.6 Å². The third-order valence-electron chi connectivity index (χ3n) is 5.99. The minimum Gasteiger partial charge on any atom is -0.497 e. The second kappa shape index (κ2) is 11.2. The number of benzene rings is 3. The third-order valence-corrected chi connectivity index (χ3v) is 5.99. The fourth-order valence-corrected chi connectivity index (χ4v) is 3.95. The van der Waals surface area contributed by atoms with Gasteiger partial charge in [0, 0.05) is 43.8 Å². The van der Waals surface area contributed by atoms with Crippen molar-refractivity contribution < 1.29 is 17.9 Å². The Morgan fingerprint density at radius 1 is 0.886 bits per heavy atom. The van der Waals surface area contributed by atoms with E-state index in [9.17, 15) is 13.2 Å². The average Bonchev–Trinajstić information content (AvgIpc) is 2.84. The van der Waals surface area contributed by atoms with E-state index in [4.69, 9.17) is 4.74 Å². The van der Waals surface area contributed by atoms with Gasteiger partial charge in [0.1, 0.15) is 5.75 Å². The average molecular weight is 481 g/mol. The highest BCUT2D eigenvalue weighted by Gasteiger charge is 2.30. The maximum Gasteiger partial charge on any atom is 0.416 e. The first kappa shape index (κ1) is 25.9. The number of hydrogen-bond donors (Lipinski definition) is 0. The highest BCUT2D eigenvalue weighted by molar-refractivity contribution is 5.58. The molecule has 1 unspecified atom stereocenters. The van der Waals surface area contributed by atoms with Gasteiger partial charge < -0.3 is 14.5 Å². The first-order chi connectivity index (χ1) is 16.6. The van der Waals surface area contributed by atoms with Gasteiger partial charge in [0.15, 0.2) is 0 Å². The predicted octanol–water partition coefficient (Wildman–Crippen LogP) is 7.14. The molecule has 0 aliphatic rings. The summed E-state index contributed by atoms with van der Waals surface area (Å²) in [6.45, 7) is 9.31. The van der Waals surface area contributed by atoms with Crippen LogP contribution >= 0.6 is 0 Å². The van der Waals surface area contributed by atoms with Crippen molar-refractivity contribution in [3.05, 3.63) is 120 Å². The predicted molar refractivity (Wildman–Crippen MR) is 137 cm³/mol. The summed E-state index contributed by atoms with van der Waals surface area (Å²) in [6.07, 6.45) is -3.82. The molecule has 0 bridgehead atoms. The number of anilines is 1. The summed E-state index contributed by atoms with van der Waals surface area (Å²) < 4.78 is 44.4. The molecule has 0 N–H and O–H groups in total. The van der Waals surface area contributed by atoms with Crippen LogP contribution in [0.25, 0.3) is 0 Å². The number of rotatable bonds is 10. The van der Waals surface area contributed by atoms with E-state index in [-0.39, 0.29) is 5.92 Å². The molecule has 0 spiro atoms. The molecule has 3 aromatic rings. The molecule has 0 amide bonds. The molecule has 1 atom stereocenters. The Kier molecular flexibility index (Phi) is 8.28. The zero-order valence-corrected chi connectivity index (χ0v) is 20.3. The van der Waals surface area contributed by atoms with Crippen molar-refractivity contribution in [3.8, 4) is 5.75 Å².